The SMILES string of the molecule is c1ccc(-n2c3ccccc3c3c(-c4c5ccccc5c(-c5ccc6c(c5)oc5cc7ccoc7cc56)c5ccccc45)cccc32)cc1. The molecule has 0 saturated carbocycles. The highest BCUT2D eigenvalue weighted by Gasteiger charge is 2.22. The van der Waals surface area contributed by atoms with Crippen LogP contribution in [0.25, 0.3) is 104 Å². The Morgan fingerprint density at radius 2 is 1.06 bits per heavy atom. The smallest absolute Gasteiger partial charge is 0.136 e. The Hall–Kier alpha value is -6.58. The Morgan fingerprint density at radius 1 is 0.408 bits per heavy atom. The highest BCUT2D eigenvalue weighted by Crippen LogP contribution is 2.48. The lowest BCUT2D eigenvalue weighted by atomic mass is 9.85. The van der Waals surface area contributed by atoms with Crippen LogP contribution in [0.4, 0.5) is 0 Å². The van der Waals surface area contributed by atoms with Crippen LogP contribution in [0.3, 0.4) is 0 Å². The predicted octanol–water partition coefficient (Wildman–Crippen LogP) is 13.1. The number of benzene rings is 8. The summed E-state index contributed by atoms with van der Waals surface area (Å²) in [4.78, 5) is 0. The Balaban J connectivity index is 1.22. The maximum atomic E-state index is 6.49. The maximum Gasteiger partial charge on any atom is 0.136 e. The largest absolute Gasteiger partial charge is 0.464 e. The molecule has 3 heteroatoms. The number of furan rings is 2. The summed E-state index contributed by atoms with van der Waals surface area (Å²) in [5.74, 6) is 0. The number of rotatable bonds is 3. The first-order valence-corrected chi connectivity index (χ1v) is 16.7. The van der Waals surface area contributed by atoms with Crippen molar-refractivity contribution in [3.8, 4) is 27.9 Å². The molecule has 49 heavy (non-hydrogen) atoms. The first kappa shape index (κ1) is 26.5. The number of nitrogens with zero attached hydrogens (tertiary/aromatic N) is 1. The zero-order valence-electron chi connectivity index (χ0n) is 26.4. The fourth-order valence-corrected chi connectivity index (χ4v) is 8.20. The van der Waals surface area contributed by atoms with Gasteiger partial charge >= 0.3 is 0 Å². The molecule has 0 atom stereocenters. The molecule has 0 radical (unpaired) electrons. The number of fused-ring (bicyclic) bond motifs is 9. The maximum absolute atomic E-state index is 6.49. The van der Waals surface area contributed by atoms with Crippen LogP contribution < -0.4 is 0 Å². The van der Waals surface area contributed by atoms with Gasteiger partial charge in [-0.3, -0.25) is 0 Å². The second kappa shape index (κ2) is 9.96. The van der Waals surface area contributed by atoms with E-state index in [1.165, 1.54) is 60.0 Å². The van der Waals surface area contributed by atoms with Crippen molar-refractivity contribution in [1.82, 2.24) is 4.57 Å². The summed E-state index contributed by atoms with van der Waals surface area (Å²) in [6.07, 6.45) is 1.73. The van der Waals surface area contributed by atoms with Gasteiger partial charge in [-0.25, -0.2) is 0 Å². The number of para-hydroxylation sites is 2. The van der Waals surface area contributed by atoms with Gasteiger partial charge in [-0.15, -0.1) is 0 Å². The van der Waals surface area contributed by atoms with Gasteiger partial charge in [-0.2, -0.15) is 0 Å². The van der Waals surface area contributed by atoms with E-state index in [-0.39, 0.29) is 0 Å². The highest BCUT2D eigenvalue weighted by atomic mass is 16.3. The fraction of sp³-hybridized carbons (Fsp3) is 0. The van der Waals surface area contributed by atoms with Crippen LogP contribution in [0.2, 0.25) is 0 Å². The minimum absolute atomic E-state index is 0.869. The zero-order valence-corrected chi connectivity index (χ0v) is 26.4. The quantitative estimate of drug-likeness (QED) is 0.183. The first-order valence-electron chi connectivity index (χ1n) is 16.7. The predicted molar refractivity (Wildman–Crippen MR) is 204 cm³/mol. The third kappa shape index (κ3) is 3.73. The minimum atomic E-state index is 0.869. The van der Waals surface area contributed by atoms with Gasteiger partial charge < -0.3 is 13.4 Å². The van der Waals surface area contributed by atoms with E-state index in [1.807, 2.05) is 6.07 Å². The van der Waals surface area contributed by atoms with Crippen molar-refractivity contribution >= 4 is 76.3 Å². The van der Waals surface area contributed by atoms with Crippen LogP contribution in [0, 0.1) is 0 Å². The number of aromatic nitrogens is 1. The molecule has 11 rings (SSSR count). The summed E-state index contributed by atoms with van der Waals surface area (Å²) in [6.45, 7) is 0. The summed E-state index contributed by atoms with van der Waals surface area (Å²) in [5, 5.41) is 10.6. The van der Waals surface area contributed by atoms with E-state index in [4.69, 9.17) is 8.83 Å². The fourth-order valence-electron chi connectivity index (χ4n) is 8.20. The summed E-state index contributed by atoms with van der Waals surface area (Å²) >= 11 is 0. The van der Waals surface area contributed by atoms with E-state index >= 15 is 0 Å². The third-order valence-corrected chi connectivity index (χ3v) is 10.2. The average Bonchev–Trinajstić information content (AvgIpc) is 3.86. The van der Waals surface area contributed by atoms with Gasteiger partial charge in [0.1, 0.15) is 16.7 Å². The van der Waals surface area contributed by atoms with E-state index in [2.05, 4.69) is 156 Å². The Labute approximate surface area is 280 Å². The molecule has 0 saturated heterocycles. The normalized spacial score (nSPS) is 12.1. The van der Waals surface area contributed by atoms with Crippen molar-refractivity contribution in [2.45, 2.75) is 0 Å². The Bertz CT molecular complexity index is 3050. The summed E-state index contributed by atoms with van der Waals surface area (Å²) in [7, 11) is 0. The molecule has 8 aromatic carbocycles. The molecular weight excluding hydrogens is 599 g/mol. The summed E-state index contributed by atoms with van der Waals surface area (Å²) < 4.78 is 14.6. The molecule has 3 aromatic heterocycles. The van der Waals surface area contributed by atoms with Crippen molar-refractivity contribution in [2.75, 3.05) is 0 Å². The van der Waals surface area contributed by atoms with Gasteiger partial charge in [0.15, 0.2) is 0 Å². The first-order chi connectivity index (χ1) is 24.3. The number of hydrogen-bond acceptors (Lipinski definition) is 2. The van der Waals surface area contributed by atoms with Crippen molar-refractivity contribution in [2.24, 2.45) is 0 Å². The lowest BCUT2D eigenvalue weighted by Crippen LogP contribution is -1.93. The molecule has 0 spiro atoms. The number of hydrogen-bond donors (Lipinski definition) is 0. The molecule has 3 heterocycles. The molecule has 11 aromatic rings. The van der Waals surface area contributed by atoms with Crippen molar-refractivity contribution in [3.05, 3.63) is 164 Å². The third-order valence-electron chi connectivity index (χ3n) is 10.2. The van der Waals surface area contributed by atoms with Crippen LogP contribution in [-0.2, 0) is 0 Å². The van der Waals surface area contributed by atoms with Crippen LogP contribution in [0.5, 0.6) is 0 Å². The molecular formula is C46H27NO2. The monoisotopic (exact) mass is 625 g/mol. The van der Waals surface area contributed by atoms with Gasteiger partial charge in [-0.05, 0) is 98.4 Å². The van der Waals surface area contributed by atoms with Crippen LogP contribution >= 0.6 is 0 Å². The molecule has 0 aliphatic heterocycles. The van der Waals surface area contributed by atoms with E-state index < -0.39 is 0 Å². The molecule has 3 nitrogen and oxygen atoms in total. The standard InChI is InChI=1S/C46H27NO2/c1-2-11-30(12-3-1)47-39-19-9-8-17-36(39)46-37(18-10-20-40(46)47)45-34-15-6-4-13-32(34)44(33-14-5-7-16-35(33)45)29-21-22-31-38-27-41-28(23-24-48-41)25-43(38)49-42(31)26-29/h1-27H. The zero-order chi connectivity index (χ0) is 32.1. The van der Waals surface area contributed by atoms with E-state index in [0.717, 1.165) is 44.2 Å². The Morgan fingerprint density at radius 3 is 1.84 bits per heavy atom. The lowest BCUT2D eigenvalue weighted by Gasteiger charge is -2.18. The van der Waals surface area contributed by atoms with Crippen LogP contribution in [0.1, 0.15) is 0 Å². The van der Waals surface area contributed by atoms with Gasteiger partial charge in [-0.1, -0.05) is 103 Å². The second-order valence-electron chi connectivity index (χ2n) is 12.8. The van der Waals surface area contributed by atoms with Crippen LogP contribution in [-0.4, -0.2) is 4.57 Å². The molecule has 0 amide bonds. The average molecular weight is 626 g/mol. The molecule has 0 aliphatic rings. The van der Waals surface area contributed by atoms with Crippen molar-refractivity contribution in [3.63, 3.8) is 0 Å². The molecule has 0 N–H and O–H groups in total. The second-order valence-corrected chi connectivity index (χ2v) is 12.8. The Kier molecular flexibility index (Phi) is 5.38. The van der Waals surface area contributed by atoms with E-state index in [0.29, 0.717) is 0 Å². The van der Waals surface area contributed by atoms with Gasteiger partial charge in [0.25, 0.3) is 0 Å². The molecule has 0 fully saturated rings. The summed E-state index contributed by atoms with van der Waals surface area (Å²) in [5.41, 5.74) is 11.0. The van der Waals surface area contributed by atoms with Gasteiger partial charge in [0, 0.05) is 32.6 Å². The van der Waals surface area contributed by atoms with Crippen molar-refractivity contribution in [1.29, 1.82) is 0 Å². The molecule has 0 unspecified atom stereocenters. The molecule has 228 valence electrons. The molecule has 0 aliphatic carbocycles. The van der Waals surface area contributed by atoms with E-state index in [9.17, 15) is 0 Å². The minimum Gasteiger partial charge on any atom is -0.464 e. The lowest BCUT2D eigenvalue weighted by molar-refractivity contribution is 0.616. The van der Waals surface area contributed by atoms with E-state index in [1.54, 1.807) is 6.26 Å². The topological polar surface area (TPSA) is 31.2 Å². The molecule has 0 bridgehead atoms. The highest BCUT2D eigenvalue weighted by molar-refractivity contribution is 6.26. The van der Waals surface area contributed by atoms with Gasteiger partial charge in [0.2, 0.25) is 0 Å². The van der Waals surface area contributed by atoms with Crippen molar-refractivity contribution < 1.29 is 8.83 Å². The van der Waals surface area contributed by atoms with Gasteiger partial charge in [0.05, 0.1) is 17.3 Å². The van der Waals surface area contributed by atoms with Crippen LogP contribution in [0.15, 0.2) is 173 Å². The summed E-state index contributed by atoms with van der Waals surface area (Å²) in [6, 6.07) is 56.7.